The van der Waals surface area contributed by atoms with Crippen LogP contribution in [0.5, 0.6) is 17.2 Å². The topological polar surface area (TPSA) is 38.7 Å². The minimum absolute atomic E-state index is 0.124. The molecule has 0 fully saturated rings. The van der Waals surface area contributed by atoms with E-state index in [1.54, 1.807) is 12.1 Å². The molecule has 0 aliphatic rings. The van der Waals surface area contributed by atoms with E-state index in [1.165, 1.54) is 7.11 Å². The lowest BCUT2D eigenvalue weighted by Gasteiger charge is -2.16. The van der Waals surface area contributed by atoms with Crippen LogP contribution in [0.1, 0.15) is 18.6 Å². The van der Waals surface area contributed by atoms with Gasteiger partial charge < -0.3 is 14.6 Å². The minimum atomic E-state index is -0.135. The van der Waals surface area contributed by atoms with E-state index in [-0.39, 0.29) is 11.9 Å². The molecule has 0 aliphatic carbocycles. The summed E-state index contributed by atoms with van der Waals surface area (Å²) in [7, 11) is 1.53. The standard InChI is InChI=1S/C15H16O3/c1-11(18-13-6-4-3-5-7-13)12-8-9-15(17-2)14(16)10-12/h3-11,16H,1-2H3. The van der Waals surface area contributed by atoms with Crippen molar-refractivity contribution < 1.29 is 14.6 Å². The van der Waals surface area contributed by atoms with Crippen molar-refractivity contribution >= 4 is 0 Å². The van der Waals surface area contributed by atoms with E-state index >= 15 is 0 Å². The number of phenols is 1. The van der Waals surface area contributed by atoms with Crippen molar-refractivity contribution in [2.75, 3.05) is 7.11 Å². The van der Waals surface area contributed by atoms with Crippen LogP contribution in [0.2, 0.25) is 0 Å². The zero-order valence-corrected chi connectivity index (χ0v) is 10.5. The molecule has 1 unspecified atom stereocenters. The first-order valence-corrected chi connectivity index (χ1v) is 5.79. The quantitative estimate of drug-likeness (QED) is 0.894. The average Bonchev–Trinajstić information content (AvgIpc) is 2.39. The van der Waals surface area contributed by atoms with Crippen molar-refractivity contribution in [1.82, 2.24) is 0 Å². The van der Waals surface area contributed by atoms with Crippen LogP contribution in [0, 0.1) is 0 Å². The molecule has 0 bridgehead atoms. The molecule has 1 atom stereocenters. The van der Waals surface area contributed by atoms with Crippen molar-refractivity contribution in [3.8, 4) is 17.2 Å². The van der Waals surface area contributed by atoms with E-state index < -0.39 is 0 Å². The number of hydrogen-bond donors (Lipinski definition) is 1. The van der Waals surface area contributed by atoms with Gasteiger partial charge in [0.1, 0.15) is 11.9 Å². The lowest BCUT2D eigenvalue weighted by molar-refractivity contribution is 0.226. The number of rotatable bonds is 4. The van der Waals surface area contributed by atoms with Crippen LogP contribution in [0.3, 0.4) is 0 Å². The number of benzene rings is 2. The summed E-state index contributed by atoms with van der Waals surface area (Å²) < 4.78 is 10.8. The summed E-state index contributed by atoms with van der Waals surface area (Å²) in [6, 6.07) is 14.9. The fraction of sp³-hybridized carbons (Fsp3) is 0.200. The van der Waals surface area contributed by atoms with Gasteiger partial charge in [-0.2, -0.15) is 0 Å². The highest BCUT2D eigenvalue weighted by Crippen LogP contribution is 2.30. The van der Waals surface area contributed by atoms with Gasteiger partial charge in [-0.1, -0.05) is 24.3 Å². The molecule has 2 rings (SSSR count). The molecule has 0 aliphatic heterocycles. The highest BCUT2D eigenvalue weighted by atomic mass is 16.5. The highest BCUT2D eigenvalue weighted by Gasteiger charge is 2.10. The van der Waals surface area contributed by atoms with Gasteiger partial charge >= 0.3 is 0 Å². The third kappa shape index (κ3) is 2.74. The maximum Gasteiger partial charge on any atom is 0.160 e. The Morgan fingerprint density at radius 1 is 1.06 bits per heavy atom. The maximum absolute atomic E-state index is 9.73. The Bertz CT molecular complexity index is 508. The van der Waals surface area contributed by atoms with E-state index in [1.807, 2.05) is 43.3 Å². The number of hydrogen-bond acceptors (Lipinski definition) is 3. The number of ether oxygens (including phenoxy) is 2. The molecule has 1 N–H and O–H groups in total. The molecule has 94 valence electrons. The van der Waals surface area contributed by atoms with Crippen molar-refractivity contribution in [2.45, 2.75) is 13.0 Å². The van der Waals surface area contributed by atoms with Gasteiger partial charge in [-0.3, -0.25) is 0 Å². The van der Waals surface area contributed by atoms with Gasteiger partial charge in [0.2, 0.25) is 0 Å². The van der Waals surface area contributed by atoms with E-state index in [9.17, 15) is 5.11 Å². The molecule has 2 aromatic carbocycles. The zero-order chi connectivity index (χ0) is 13.0. The molecule has 18 heavy (non-hydrogen) atoms. The summed E-state index contributed by atoms with van der Waals surface area (Å²) in [5.74, 6) is 1.39. The first-order chi connectivity index (χ1) is 8.70. The van der Waals surface area contributed by atoms with Crippen molar-refractivity contribution in [3.63, 3.8) is 0 Å². The Balaban J connectivity index is 2.14. The fourth-order valence-electron chi connectivity index (χ4n) is 1.73. The van der Waals surface area contributed by atoms with Crippen molar-refractivity contribution in [3.05, 3.63) is 54.1 Å². The fourth-order valence-corrected chi connectivity index (χ4v) is 1.73. The van der Waals surface area contributed by atoms with Gasteiger partial charge in [0.15, 0.2) is 11.5 Å². The molecule has 0 spiro atoms. The first kappa shape index (κ1) is 12.3. The number of phenolic OH excluding ortho intramolecular Hbond substituents is 1. The van der Waals surface area contributed by atoms with E-state index in [2.05, 4.69) is 0 Å². The number of aromatic hydroxyl groups is 1. The van der Waals surface area contributed by atoms with Crippen LogP contribution in [-0.2, 0) is 0 Å². The summed E-state index contributed by atoms with van der Waals surface area (Å²) in [5, 5.41) is 9.73. The van der Waals surface area contributed by atoms with Crippen LogP contribution < -0.4 is 9.47 Å². The molecule has 0 radical (unpaired) electrons. The Morgan fingerprint density at radius 3 is 2.39 bits per heavy atom. The average molecular weight is 244 g/mol. The molecule has 0 saturated carbocycles. The summed E-state index contributed by atoms with van der Waals surface area (Å²) in [5.41, 5.74) is 0.900. The Morgan fingerprint density at radius 2 is 1.78 bits per heavy atom. The van der Waals surface area contributed by atoms with Gasteiger partial charge in [0, 0.05) is 0 Å². The number of methoxy groups -OCH3 is 1. The predicted octanol–water partition coefficient (Wildman–Crippen LogP) is 3.54. The van der Waals surface area contributed by atoms with Crippen molar-refractivity contribution in [1.29, 1.82) is 0 Å². The van der Waals surface area contributed by atoms with Gasteiger partial charge in [0.05, 0.1) is 7.11 Å². The third-order valence-corrected chi connectivity index (χ3v) is 2.73. The monoisotopic (exact) mass is 244 g/mol. The van der Waals surface area contributed by atoms with Gasteiger partial charge in [-0.15, -0.1) is 0 Å². The van der Waals surface area contributed by atoms with Gasteiger partial charge in [-0.25, -0.2) is 0 Å². The number of para-hydroxylation sites is 1. The van der Waals surface area contributed by atoms with E-state index in [4.69, 9.17) is 9.47 Å². The Kier molecular flexibility index (Phi) is 3.72. The molecular weight excluding hydrogens is 228 g/mol. The van der Waals surface area contributed by atoms with Gasteiger partial charge in [-0.05, 0) is 36.8 Å². The van der Waals surface area contributed by atoms with E-state index in [0.717, 1.165) is 11.3 Å². The van der Waals surface area contributed by atoms with Crippen LogP contribution in [0.15, 0.2) is 48.5 Å². The van der Waals surface area contributed by atoms with Crippen molar-refractivity contribution in [2.24, 2.45) is 0 Å². The zero-order valence-electron chi connectivity index (χ0n) is 10.5. The Hall–Kier alpha value is -2.16. The summed E-state index contributed by atoms with van der Waals surface area (Å²) in [6.45, 7) is 1.94. The molecule has 2 aromatic rings. The lowest BCUT2D eigenvalue weighted by Crippen LogP contribution is -2.02. The molecule has 0 aromatic heterocycles. The summed E-state index contributed by atoms with van der Waals surface area (Å²) >= 11 is 0. The first-order valence-electron chi connectivity index (χ1n) is 5.79. The van der Waals surface area contributed by atoms with Crippen LogP contribution >= 0.6 is 0 Å². The molecular formula is C15H16O3. The van der Waals surface area contributed by atoms with Crippen LogP contribution in [-0.4, -0.2) is 12.2 Å². The second-order valence-corrected chi connectivity index (χ2v) is 4.00. The molecule has 0 amide bonds. The smallest absolute Gasteiger partial charge is 0.160 e. The second kappa shape index (κ2) is 5.45. The second-order valence-electron chi connectivity index (χ2n) is 4.00. The maximum atomic E-state index is 9.73. The highest BCUT2D eigenvalue weighted by molar-refractivity contribution is 5.42. The normalized spacial score (nSPS) is 11.9. The SMILES string of the molecule is COc1ccc(C(C)Oc2ccccc2)cc1O. The Labute approximate surface area is 107 Å². The van der Waals surface area contributed by atoms with Crippen LogP contribution in [0.25, 0.3) is 0 Å². The molecule has 3 nitrogen and oxygen atoms in total. The molecule has 3 heteroatoms. The van der Waals surface area contributed by atoms with E-state index in [0.29, 0.717) is 5.75 Å². The predicted molar refractivity (Wildman–Crippen MR) is 70.1 cm³/mol. The molecule has 0 heterocycles. The van der Waals surface area contributed by atoms with Crippen LogP contribution in [0.4, 0.5) is 0 Å². The van der Waals surface area contributed by atoms with Gasteiger partial charge in [0.25, 0.3) is 0 Å². The summed E-state index contributed by atoms with van der Waals surface area (Å²) in [4.78, 5) is 0. The largest absolute Gasteiger partial charge is 0.504 e. The summed E-state index contributed by atoms with van der Waals surface area (Å²) in [6.07, 6.45) is -0.135. The third-order valence-electron chi connectivity index (χ3n) is 2.73. The lowest BCUT2D eigenvalue weighted by atomic mass is 10.1. The minimum Gasteiger partial charge on any atom is -0.504 e. The molecule has 0 saturated heterocycles.